The second-order valence-corrected chi connectivity index (χ2v) is 13.7. The van der Waals surface area contributed by atoms with E-state index in [1.165, 1.54) is 43.2 Å². The molecule has 2 atom stereocenters. The molecule has 5 aromatic rings. The van der Waals surface area contributed by atoms with Gasteiger partial charge in [0.1, 0.15) is 0 Å². The second-order valence-electron chi connectivity index (χ2n) is 11.6. The summed E-state index contributed by atoms with van der Waals surface area (Å²) in [6.45, 7) is 6.00. The molecule has 0 spiro atoms. The number of nitrogens with one attached hydrogen (secondary N) is 2. The summed E-state index contributed by atoms with van der Waals surface area (Å²) in [5.41, 5.74) is 8.08. The summed E-state index contributed by atoms with van der Waals surface area (Å²) in [5, 5.41) is 7.86. The molecule has 2 nitrogen and oxygen atoms in total. The molecule has 226 valence electrons. The summed E-state index contributed by atoms with van der Waals surface area (Å²) in [6.07, 6.45) is 2.02. The molecule has 44 heavy (non-hydrogen) atoms. The Morgan fingerprint density at radius 2 is 0.818 bits per heavy atom. The topological polar surface area (TPSA) is 24.1 Å². The Balaban J connectivity index is 1.23. The molecule has 0 amide bonds. The van der Waals surface area contributed by atoms with Crippen molar-refractivity contribution in [1.29, 1.82) is 0 Å². The Bertz CT molecular complexity index is 1400. The lowest BCUT2D eigenvalue weighted by atomic mass is 10.0. The van der Waals surface area contributed by atoms with E-state index in [-0.39, 0.29) is 0 Å². The molecule has 0 fully saturated rings. The van der Waals surface area contributed by atoms with Crippen molar-refractivity contribution in [2.24, 2.45) is 0 Å². The van der Waals surface area contributed by atoms with Crippen LogP contribution in [0.15, 0.2) is 143 Å². The molecule has 0 heterocycles. The molecule has 2 N–H and O–H groups in total. The van der Waals surface area contributed by atoms with Gasteiger partial charge in [-0.15, -0.1) is 23.5 Å². The first-order chi connectivity index (χ1) is 21.6. The van der Waals surface area contributed by atoms with Crippen LogP contribution in [0.2, 0.25) is 0 Å². The van der Waals surface area contributed by atoms with Gasteiger partial charge in [-0.3, -0.25) is 0 Å². The molecule has 0 aliphatic rings. The van der Waals surface area contributed by atoms with Gasteiger partial charge in [-0.1, -0.05) is 120 Å². The van der Waals surface area contributed by atoms with Gasteiger partial charge in [-0.05, 0) is 73.2 Å². The van der Waals surface area contributed by atoms with Gasteiger partial charge in [0.15, 0.2) is 0 Å². The van der Waals surface area contributed by atoms with Crippen molar-refractivity contribution in [2.45, 2.75) is 61.7 Å². The maximum absolute atomic E-state index is 3.93. The first kappa shape index (κ1) is 32.1. The zero-order valence-corrected chi connectivity index (χ0v) is 27.5. The van der Waals surface area contributed by atoms with Crippen LogP contribution in [-0.2, 0) is 25.9 Å². The van der Waals surface area contributed by atoms with E-state index in [0.29, 0.717) is 12.1 Å². The third kappa shape index (κ3) is 10.7. The molecule has 0 saturated carbocycles. The fraction of sp³-hybridized carbons (Fsp3) is 0.250. The van der Waals surface area contributed by atoms with E-state index in [0.717, 1.165) is 37.4 Å². The molecule has 0 aliphatic carbocycles. The zero-order chi connectivity index (χ0) is 30.4. The number of thioether (sulfide) groups is 2. The summed E-state index contributed by atoms with van der Waals surface area (Å²) in [7, 11) is 0. The Kier molecular flexibility index (Phi) is 12.6. The highest BCUT2D eigenvalue weighted by Crippen LogP contribution is 2.23. The molecule has 4 heteroatoms. The third-order valence-electron chi connectivity index (χ3n) is 7.87. The van der Waals surface area contributed by atoms with Gasteiger partial charge >= 0.3 is 0 Å². The minimum Gasteiger partial charge on any atom is -0.309 e. The highest BCUT2D eigenvalue weighted by atomic mass is 32.2. The van der Waals surface area contributed by atoms with E-state index in [9.17, 15) is 0 Å². The maximum atomic E-state index is 3.93. The Morgan fingerprint density at radius 3 is 1.20 bits per heavy atom. The minimum atomic E-state index is 0.362. The van der Waals surface area contributed by atoms with Gasteiger partial charge in [0.05, 0.1) is 0 Å². The van der Waals surface area contributed by atoms with E-state index in [2.05, 4.69) is 158 Å². The van der Waals surface area contributed by atoms with Crippen LogP contribution < -0.4 is 10.6 Å². The van der Waals surface area contributed by atoms with Gasteiger partial charge in [-0.25, -0.2) is 0 Å². The van der Waals surface area contributed by atoms with Crippen molar-refractivity contribution in [1.82, 2.24) is 10.6 Å². The van der Waals surface area contributed by atoms with E-state index in [1.54, 1.807) is 0 Å². The van der Waals surface area contributed by atoms with Gasteiger partial charge in [0.2, 0.25) is 0 Å². The van der Waals surface area contributed by atoms with E-state index >= 15 is 0 Å². The van der Waals surface area contributed by atoms with Crippen molar-refractivity contribution in [3.8, 4) is 0 Å². The van der Waals surface area contributed by atoms with Crippen molar-refractivity contribution >= 4 is 23.5 Å². The standard InChI is InChI=1S/C40H44N2S2/c1-31-17-21-39(22-18-31)43-29-37(25-33-11-5-3-6-12-33)41-27-35-15-9-10-16-36(35)28-42-38(26-34-13-7-4-8-14-34)30-44-40-23-19-32(2)20-24-40/h3-24,37-38,41-42H,25-30H2,1-2H3/t37-,38-/m1/s1. The molecular weight excluding hydrogens is 573 g/mol. The number of benzene rings is 5. The first-order valence-electron chi connectivity index (χ1n) is 15.6. The van der Waals surface area contributed by atoms with Crippen LogP contribution in [-0.4, -0.2) is 23.6 Å². The van der Waals surface area contributed by atoms with Crippen LogP contribution in [0, 0.1) is 13.8 Å². The quantitative estimate of drug-likeness (QED) is 0.108. The molecule has 0 unspecified atom stereocenters. The van der Waals surface area contributed by atoms with Crippen molar-refractivity contribution < 1.29 is 0 Å². The van der Waals surface area contributed by atoms with E-state index in [4.69, 9.17) is 0 Å². The van der Waals surface area contributed by atoms with Crippen LogP contribution in [0.1, 0.15) is 33.4 Å². The monoisotopic (exact) mass is 616 g/mol. The Hall–Kier alpha value is -3.28. The lowest BCUT2D eigenvalue weighted by Gasteiger charge is -2.22. The van der Waals surface area contributed by atoms with Crippen LogP contribution in [0.3, 0.4) is 0 Å². The Morgan fingerprint density at radius 1 is 0.455 bits per heavy atom. The second kappa shape index (κ2) is 17.3. The fourth-order valence-electron chi connectivity index (χ4n) is 5.25. The normalized spacial score (nSPS) is 12.6. The molecule has 0 saturated heterocycles. The number of hydrogen-bond acceptors (Lipinski definition) is 4. The highest BCUT2D eigenvalue weighted by Gasteiger charge is 2.14. The predicted octanol–water partition coefficient (Wildman–Crippen LogP) is 9.29. The molecule has 5 aromatic carbocycles. The SMILES string of the molecule is Cc1ccc(SC[C@@H](Cc2ccccc2)NCc2ccccc2CN[C@@H](CSc2ccc(C)cc2)Cc2ccccc2)cc1. The van der Waals surface area contributed by atoms with Gasteiger partial charge < -0.3 is 10.6 Å². The summed E-state index contributed by atoms with van der Waals surface area (Å²) >= 11 is 3.88. The number of hydrogen-bond donors (Lipinski definition) is 2. The first-order valence-corrected chi connectivity index (χ1v) is 17.6. The summed E-state index contributed by atoms with van der Waals surface area (Å²) in [4.78, 5) is 2.65. The molecule has 0 aliphatic heterocycles. The molecule has 0 bridgehead atoms. The van der Waals surface area contributed by atoms with Crippen molar-refractivity contribution in [2.75, 3.05) is 11.5 Å². The van der Waals surface area contributed by atoms with Crippen LogP contribution in [0.5, 0.6) is 0 Å². The van der Waals surface area contributed by atoms with E-state index < -0.39 is 0 Å². The maximum Gasteiger partial charge on any atom is 0.0211 e. The number of aryl methyl sites for hydroxylation is 2. The third-order valence-corrected chi connectivity index (χ3v) is 10.2. The summed E-state index contributed by atoms with van der Waals surface area (Å²) in [6, 6.07) is 49.1. The van der Waals surface area contributed by atoms with Crippen LogP contribution >= 0.6 is 23.5 Å². The van der Waals surface area contributed by atoms with Crippen molar-refractivity contribution in [3.63, 3.8) is 0 Å². The lowest BCUT2D eigenvalue weighted by molar-refractivity contribution is 0.535. The smallest absolute Gasteiger partial charge is 0.0211 e. The van der Waals surface area contributed by atoms with Crippen LogP contribution in [0.4, 0.5) is 0 Å². The lowest BCUT2D eigenvalue weighted by Crippen LogP contribution is -2.35. The fourth-order valence-corrected chi connectivity index (χ4v) is 7.17. The molecule has 5 rings (SSSR count). The average Bonchev–Trinajstić information content (AvgIpc) is 3.06. The van der Waals surface area contributed by atoms with Crippen LogP contribution in [0.25, 0.3) is 0 Å². The number of rotatable bonds is 16. The molecule has 0 radical (unpaired) electrons. The Labute approximate surface area is 273 Å². The predicted molar refractivity (Wildman–Crippen MR) is 192 cm³/mol. The summed E-state index contributed by atoms with van der Waals surface area (Å²) < 4.78 is 0. The van der Waals surface area contributed by atoms with Gasteiger partial charge in [0, 0.05) is 46.5 Å². The van der Waals surface area contributed by atoms with Gasteiger partial charge in [0.25, 0.3) is 0 Å². The van der Waals surface area contributed by atoms with Gasteiger partial charge in [-0.2, -0.15) is 0 Å². The summed E-state index contributed by atoms with van der Waals surface area (Å²) in [5.74, 6) is 2.04. The minimum absolute atomic E-state index is 0.362. The zero-order valence-electron chi connectivity index (χ0n) is 25.9. The average molecular weight is 617 g/mol. The van der Waals surface area contributed by atoms with Crippen molar-refractivity contribution in [3.05, 3.63) is 167 Å². The molecular formula is C40H44N2S2. The molecule has 0 aromatic heterocycles. The largest absolute Gasteiger partial charge is 0.309 e. The van der Waals surface area contributed by atoms with E-state index in [1.807, 2.05) is 23.5 Å². The highest BCUT2D eigenvalue weighted by molar-refractivity contribution is 7.99.